The van der Waals surface area contributed by atoms with Crippen molar-refractivity contribution in [1.82, 2.24) is 5.32 Å². The molecule has 102 valence electrons. The third-order valence-corrected chi connectivity index (χ3v) is 4.45. The van der Waals surface area contributed by atoms with E-state index < -0.39 is 15.5 Å². The highest BCUT2D eigenvalue weighted by atomic mass is 32.2. The molecule has 17 heavy (non-hydrogen) atoms. The van der Waals surface area contributed by atoms with Crippen molar-refractivity contribution in [3.8, 4) is 0 Å². The Hall–Kier alpha value is -0.130. The van der Waals surface area contributed by atoms with Gasteiger partial charge in [-0.05, 0) is 31.1 Å². The third kappa shape index (κ3) is 5.36. The fourth-order valence-electron chi connectivity index (χ4n) is 2.55. The van der Waals surface area contributed by atoms with Gasteiger partial charge in [0.15, 0.2) is 0 Å². The van der Waals surface area contributed by atoms with Crippen molar-refractivity contribution < 1.29 is 13.0 Å². The molecule has 0 aromatic rings. The van der Waals surface area contributed by atoms with Gasteiger partial charge in [-0.3, -0.25) is 9.87 Å². The molecule has 1 rings (SSSR count). The fourth-order valence-corrected chi connectivity index (χ4v) is 3.54. The van der Waals surface area contributed by atoms with Crippen molar-refractivity contribution in [1.29, 1.82) is 0 Å². The second-order valence-corrected chi connectivity index (χ2v) is 7.37. The number of rotatable bonds is 5. The molecule has 0 amide bonds. The predicted molar refractivity (Wildman–Crippen MR) is 69.3 cm³/mol. The molecule has 0 heterocycles. The van der Waals surface area contributed by atoms with Gasteiger partial charge in [-0.25, -0.2) is 0 Å². The second-order valence-electron chi connectivity index (χ2n) is 5.77. The molecule has 2 N–H and O–H groups in total. The molecule has 5 heteroatoms. The van der Waals surface area contributed by atoms with Gasteiger partial charge in [-0.1, -0.05) is 33.6 Å². The summed E-state index contributed by atoms with van der Waals surface area (Å²) in [5.41, 5.74) is 0. The molecule has 1 aliphatic carbocycles. The quantitative estimate of drug-likeness (QED) is 0.748. The number of nitrogens with one attached hydrogen (secondary N) is 1. The monoisotopic (exact) mass is 263 g/mol. The molecule has 0 aromatic heterocycles. The minimum atomic E-state index is -3.99. The lowest BCUT2D eigenvalue weighted by atomic mass is 9.87. The molecule has 1 fully saturated rings. The van der Waals surface area contributed by atoms with Crippen LogP contribution >= 0.6 is 0 Å². The molecule has 1 aliphatic rings. The van der Waals surface area contributed by atoms with Crippen molar-refractivity contribution in [2.24, 2.45) is 11.8 Å². The summed E-state index contributed by atoms with van der Waals surface area (Å²) < 4.78 is 31.9. The van der Waals surface area contributed by atoms with Crippen LogP contribution < -0.4 is 5.32 Å². The Morgan fingerprint density at radius 1 is 1.35 bits per heavy atom. The minimum absolute atomic E-state index is 0.226. The molecule has 3 unspecified atom stereocenters. The third-order valence-electron chi connectivity index (χ3n) is 3.40. The van der Waals surface area contributed by atoms with Gasteiger partial charge < -0.3 is 0 Å². The maximum atomic E-state index is 11.3. The van der Waals surface area contributed by atoms with Gasteiger partial charge in [0.25, 0.3) is 10.1 Å². The summed E-state index contributed by atoms with van der Waals surface area (Å²) in [7, 11) is -3.99. The van der Waals surface area contributed by atoms with Gasteiger partial charge in [-0.15, -0.1) is 0 Å². The van der Waals surface area contributed by atoms with E-state index in [1.54, 1.807) is 0 Å². The van der Waals surface area contributed by atoms with E-state index in [-0.39, 0.29) is 12.0 Å². The zero-order valence-corrected chi connectivity index (χ0v) is 11.8. The molecule has 0 spiro atoms. The SMILES string of the molecule is CC(C)CC(NC1CCCC(C)C1)S(=O)(=O)O. The first kappa shape index (κ1) is 14.9. The Balaban J connectivity index is 2.59. The van der Waals surface area contributed by atoms with Gasteiger partial charge in [0.2, 0.25) is 0 Å². The Morgan fingerprint density at radius 2 is 2.00 bits per heavy atom. The lowest BCUT2D eigenvalue weighted by Crippen LogP contribution is -2.45. The largest absolute Gasteiger partial charge is 0.296 e. The van der Waals surface area contributed by atoms with Crippen LogP contribution in [-0.2, 0) is 10.1 Å². The molecule has 0 aliphatic heterocycles. The molecule has 3 atom stereocenters. The summed E-state index contributed by atoms with van der Waals surface area (Å²) in [6.07, 6.45) is 4.83. The van der Waals surface area contributed by atoms with Crippen LogP contribution in [0.3, 0.4) is 0 Å². The molecule has 0 saturated heterocycles. The first-order chi connectivity index (χ1) is 7.79. The van der Waals surface area contributed by atoms with Crippen molar-refractivity contribution in [3.63, 3.8) is 0 Å². The van der Waals surface area contributed by atoms with Crippen LogP contribution in [0, 0.1) is 11.8 Å². The normalized spacial score (nSPS) is 28.3. The zero-order valence-electron chi connectivity index (χ0n) is 11.0. The highest BCUT2D eigenvalue weighted by molar-refractivity contribution is 7.86. The van der Waals surface area contributed by atoms with Crippen molar-refractivity contribution in [2.45, 2.75) is 64.3 Å². The van der Waals surface area contributed by atoms with E-state index in [1.165, 1.54) is 6.42 Å². The fraction of sp³-hybridized carbons (Fsp3) is 1.00. The minimum Gasteiger partial charge on any atom is -0.296 e. The molecule has 0 radical (unpaired) electrons. The maximum Gasteiger partial charge on any atom is 0.281 e. The molecule has 0 aromatic carbocycles. The van der Waals surface area contributed by atoms with Crippen LogP contribution in [-0.4, -0.2) is 24.4 Å². The van der Waals surface area contributed by atoms with Crippen LogP contribution in [0.1, 0.15) is 52.9 Å². The van der Waals surface area contributed by atoms with E-state index in [4.69, 9.17) is 0 Å². The zero-order chi connectivity index (χ0) is 13.1. The van der Waals surface area contributed by atoms with Crippen molar-refractivity contribution in [2.75, 3.05) is 0 Å². The second kappa shape index (κ2) is 6.16. The highest BCUT2D eigenvalue weighted by Crippen LogP contribution is 2.24. The van der Waals surface area contributed by atoms with Gasteiger partial charge >= 0.3 is 0 Å². The van der Waals surface area contributed by atoms with E-state index >= 15 is 0 Å². The molecule has 0 bridgehead atoms. The van der Waals surface area contributed by atoms with Crippen LogP contribution in [0.2, 0.25) is 0 Å². The van der Waals surface area contributed by atoms with Gasteiger partial charge in [0.1, 0.15) is 5.37 Å². The Kier molecular flexibility index (Phi) is 5.41. The summed E-state index contributed by atoms with van der Waals surface area (Å²) in [5, 5.41) is 2.31. The molecular formula is C12H25NO3S. The lowest BCUT2D eigenvalue weighted by Gasteiger charge is -2.30. The van der Waals surface area contributed by atoms with E-state index in [0.717, 1.165) is 19.3 Å². The standard InChI is InChI=1S/C12H25NO3S/c1-9(2)7-12(17(14,15)16)13-11-6-4-5-10(3)8-11/h9-13H,4-8H2,1-3H3,(H,14,15,16). The Morgan fingerprint density at radius 3 is 2.47 bits per heavy atom. The molecule has 4 nitrogen and oxygen atoms in total. The topological polar surface area (TPSA) is 66.4 Å². The van der Waals surface area contributed by atoms with Gasteiger partial charge in [0.05, 0.1) is 0 Å². The number of hydrogen-bond acceptors (Lipinski definition) is 3. The maximum absolute atomic E-state index is 11.3. The van der Waals surface area contributed by atoms with Crippen LogP contribution in [0.4, 0.5) is 0 Å². The average molecular weight is 263 g/mol. The Labute approximate surface area is 105 Å². The Bertz CT molecular complexity index is 327. The lowest BCUT2D eigenvalue weighted by molar-refractivity contribution is 0.282. The van der Waals surface area contributed by atoms with Gasteiger partial charge in [0, 0.05) is 6.04 Å². The van der Waals surface area contributed by atoms with Gasteiger partial charge in [-0.2, -0.15) is 8.42 Å². The van der Waals surface area contributed by atoms with E-state index in [1.807, 2.05) is 13.8 Å². The first-order valence-corrected chi connectivity index (χ1v) is 8.01. The van der Waals surface area contributed by atoms with E-state index in [2.05, 4.69) is 12.2 Å². The summed E-state index contributed by atoms with van der Waals surface area (Å²) in [5.74, 6) is 0.887. The molecule has 1 saturated carbocycles. The summed E-state index contributed by atoms with van der Waals surface area (Å²) >= 11 is 0. The van der Waals surface area contributed by atoms with Crippen LogP contribution in [0.15, 0.2) is 0 Å². The van der Waals surface area contributed by atoms with E-state index in [9.17, 15) is 13.0 Å². The summed E-state index contributed by atoms with van der Waals surface area (Å²) in [6, 6.07) is 0.226. The van der Waals surface area contributed by atoms with Crippen molar-refractivity contribution in [3.05, 3.63) is 0 Å². The smallest absolute Gasteiger partial charge is 0.281 e. The van der Waals surface area contributed by atoms with Crippen LogP contribution in [0.25, 0.3) is 0 Å². The summed E-state index contributed by atoms with van der Waals surface area (Å²) in [4.78, 5) is 0. The van der Waals surface area contributed by atoms with Crippen molar-refractivity contribution >= 4 is 10.1 Å². The molecular weight excluding hydrogens is 238 g/mol. The predicted octanol–water partition coefficient (Wildman–Crippen LogP) is 2.41. The first-order valence-electron chi connectivity index (χ1n) is 6.51. The summed E-state index contributed by atoms with van der Waals surface area (Å²) in [6.45, 7) is 6.12. The number of hydrogen-bond donors (Lipinski definition) is 2. The average Bonchev–Trinajstić information content (AvgIpc) is 2.14. The highest BCUT2D eigenvalue weighted by Gasteiger charge is 2.28. The van der Waals surface area contributed by atoms with Crippen LogP contribution in [0.5, 0.6) is 0 Å². The van der Waals surface area contributed by atoms with E-state index in [0.29, 0.717) is 12.3 Å².